The van der Waals surface area contributed by atoms with Crippen molar-refractivity contribution in [1.82, 2.24) is 19.7 Å². The molecule has 0 aliphatic rings. The maximum atomic E-state index is 5.99. The molecule has 0 fully saturated rings. The first-order valence-electron chi connectivity index (χ1n) is 5.29. The van der Waals surface area contributed by atoms with Crippen LogP contribution in [-0.2, 0) is 13.5 Å². The Labute approximate surface area is 104 Å². The summed E-state index contributed by atoms with van der Waals surface area (Å²) in [5, 5.41) is 4.63. The summed E-state index contributed by atoms with van der Waals surface area (Å²) in [7, 11) is 1.82. The normalized spacial score (nSPS) is 10.6. The van der Waals surface area contributed by atoms with Crippen LogP contribution in [0.25, 0.3) is 0 Å². The molecule has 0 saturated carbocycles. The zero-order valence-corrected chi connectivity index (χ0v) is 10.7. The second kappa shape index (κ2) is 4.71. The molecular weight excluding hydrogens is 240 g/mol. The van der Waals surface area contributed by atoms with Crippen LogP contribution in [0.5, 0.6) is 11.8 Å². The summed E-state index contributed by atoms with van der Waals surface area (Å²) in [6.07, 6.45) is 2.10. The monoisotopic (exact) mass is 252 g/mol. The number of hydrogen-bond donors (Lipinski definition) is 0. The Bertz CT molecular complexity index is 538. The maximum Gasteiger partial charge on any atom is 0.229 e. The van der Waals surface area contributed by atoms with Gasteiger partial charge in [0.25, 0.3) is 0 Å². The first kappa shape index (κ1) is 11.9. The summed E-state index contributed by atoms with van der Waals surface area (Å²) in [4.78, 5) is 8.03. The molecule has 0 unspecified atom stereocenters. The largest absolute Gasteiger partial charge is 0.421 e. The molecule has 0 aliphatic carbocycles. The number of nitrogens with zero attached hydrogens (tertiary/aromatic N) is 4. The second-order valence-corrected chi connectivity index (χ2v) is 4.01. The first-order valence-corrected chi connectivity index (χ1v) is 5.67. The van der Waals surface area contributed by atoms with Gasteiger partial charge in [0.1, 0.15) is 11.5 Å². The van der Waals surface area contributed by atoms with Gasteiger partial charge < -0.3 is 4.74 Å². The van der Waals surface area contributed by atoms with Gasteiger partial charge in [-0.05, 0) is 13.3 Å². The third-order valence-electron chi connectivity index (χ3n) is 2.37. The molecule has 2 aromatic heterocycles. The minimum atomic E-state index is 0.427. The van der Waals surface area contributed by atoms with Gasteiger partial charge >= 0.3 is 0 Å². The smallest absolute Gasteiger partial charge is 0.229 e. The fourth-order valence-electron chi connectivity index (χ4n) is 1.54. The van der Waals surface area contributed by atoms with E-state index in [1.165, 1.54) is 6.33 Å². The van der Waals surface area contributed by atoms with Crippen molar-refractivity contribution >= 4 is 11.6 Å². The van der Waals surface area contributed by atoms with Gasteiger partial charge in [-0.3, -0.25) is 0 Å². The van der Waals surface area contributed by atoms with Crippen molar-refractivity contribution in [3.05, 3.63) is 28.8 Å². The number of rotatable bonds is 3. The molecule has 0 radical (unpaired) electrons. The average Bonchev–Trinajstić information content (AvgIpc) is 2.58. The van der Waals surface area contributed by atoms with Gasteiger partial charge in [-0.2, -0.15) is 5.10 Å². The molecular formula is C11H13ClN4O. The van der Waals surface area contributed by atoms with Crippen LogP contribution in [0.3, 0.4) is 0 Å². The predicted octanol–water partition coefficient (Wildman–Crippen LogP) is 2.53. The highest BCUT2D eigenvalue weighted by molar-refractivity contribution is 6.30. The summed E-state index contributed by atoms with van der Waals surface area (Å²) >= 11 is 5.99. The molecule has 17 heavy (non-hydrogen) atoms. The molecule has 0 amide bonds. The van der Waals surface area contributed by atoms with Crippen LogP contribution < -0.4 is 4.74 Å². The highest BCUT2D eigenvalue weighted by atomic mass is 35.5. The van der Waals surface area contributed by atoms with Gasteiger partial charge in [-0.25, -0.2) is 14.6 Å². The number of aromatic nitrogens is 4. The van der Waals surface area contributed by atoms with Gasteiger partial charge in [-0.15, -0.1) is 0 Å². The molecule has 0 saturated heterocycles. The summed E-state index contributed by atoms with van der Waals surface area (Å²) in [6, 6.07) is 1.84. The van der Waals surface area contributed by atoms with Crippen LogP contribution in [0.15, 0.2) is 12.4 Å². The molecule has 6 heteroatoms. The van der Waals surface area contributed by atoms with E-state index >= 15 is 0 Å². The van der Waals surface area contributed by atoms with Crippen LogP contribution in [0, 0.1) is 6.92 Å². The lowest BCUT2D eigenvalue weighted by Crippen LogP contribution is -2.00. The highest BCUT2D eigenvalue weighted by Gasteiger charge is 2.12. The van der Waals surface area contributed by atoms with E-state index in [-0.39, 0.29) is 0 Å². The fourth-order valence-corrected chi connectivity index (χ4v) is 1.80. The van der Waals surface area contributed by atoms with Crippen molar-refractivity contribution in [2.45, 2.75) is 20.3 Å². The van der Waals surface area contributed by atoms with E-state index in [1.807, 2.05) is 27.0 Å². The second-order valence-electron chi connectivity index (χ2n) is 3.65. The number of halogens is 1. The van der Waals surface area contributed by atoms with Crippen LogP contribution in [0.4, 0.5) is 0 Å². The number of aryl methyl sites for hydroxylation is 2. The topological polar surface area (TPSA) is 52.8 Å². The molecule has 0 atom stereocenters. The Kier molecular flexibility index (Phi) is 3.28. The average molecular weight is 253 g/mol. The van der Waals surface area contributed by atoms with Crippen LogP contribution in [0.1, 0.15) is 18.2 Å². The van der Waals surface area contributed by atoms with Crippen molar-refractivity contribution in [3.63, 3.8) is 0 Å². The molecule has 0 N–H and O–H groups in total. The summed E-state index contributed by atoms with van der Waals surface area (Å²) in [5.74, 6) is 1.11. The quantitative estimate of drug-likeness (QED) is 0.788. The third-order valence-corrected chi connectivity index (χ3v) is 2.69. The van der Waals surface area contributed by atoms with E-state index in [1.54, 1.807) is 4.68 Å². The van der Waals surface area contributed by atoms with Crippen molar-refractivity contribution in [3.8, 4) is 11.8 Å². The highest BCUT2D eigenvalue weighted by Crippen LogP contribution is 2.27. The van der Waals surface area contributed by atoms with E-state index in [9.17, 15) is 0 Å². The summed E-state index contributed by atoms with van der Waals surface area (Å²) < 4.78 is 7.36. The zero-order chi connectivity index (χ0) is 12.4. The zero-order valence-electron chi connectivity index (χ0n) is 9.94. The maximum absolute atomic E-state index is 5.99. The van der Waals surface area contributed by atoms with Gasteiger partial charge in [-0.1, -0.05) is 18.5 Å². The predicted molar refractivity (Wildman–Crippen MR) is 64.4 cm³/mol. The van der Waals surface area contributed by atoms with E-state index < -0.39 is 0 Å². The van der Waals surface area contributed by atoms with Crippen molar-refractivity contribution in [1.29, 1.82) is 0 Å². The lowest BCUT2D eigenvalue weighted by Gasteiger charge is -2.08. The SMILES string of the molecule is CCc1c(Cl)ncnc1Oc1cc(C)nn1C. The van der Waals surface area contributed by atoms with Crippen LogP contribution in [0.2, 0.25) is 5.15 Å². The summed E-state index contributed by atoms with van der Waals surface area (Å²) in [5.41, 5.74) is 1.69. The molecule has 90 valence electrons. The van der Waals surface area contributed by atoms with Gasteiger partial charge in [0.2, 0.25) is 11.8 Å². The molecule has 0 aromatic carbocycles. The lowest BCUT2D eigenvalue weighted by molar-refractivity contribution is 0.410. The van der Waals surface area contributed by atoms with Gasteiger partial charge in [0.05, 0.1) is 11.3 Å². The Morgan fingerprint density at radius 2 is 2.18 bits per heavy atom. The number of hydrogen-bond acceptors (Lipinski definition) is 4. The molecule has 0 spiro atoms. The van der Waals surface area contributed by atoms with E-state index in [0.717, 1.165) is 11.3 Å². The van der Waals surface area contributed by atoms with Crippen molar-refractivity contribution < 1.29 is 4.74 Å². The van der Waals surface area contributed by atoms with Gasteiger partial charge in [0, 0.05) is 13.1 Å². The Morgan fingerprint density at radius 3 is 2.76 bits per heavy atom. The molecule has 2 heterocycles. The molecule has 2 rings (SSSR count). The minimum Gasteiger partial charge on any atom is -0.421 e. The minimum absolute atomic E-state index is 0.427. The fraction of sp³-hybridized carbons (Fsp3) is 0.364. The van der Waals surface area contributed by atoms with E-state index in [4.69, 9.17) is 16.3 Å². The molecule has 0 bridgehead atoms. The standard InChI is InChI=1S/C11H13ClN4O/c1-4-8-10(12)13-6-14-11(8)17-9-5-7(2)15-16(9)3/h5-6H,4H2,1-3H3. The van der Waals surface area contributed by atoms with E-state index in [0.29, 0.717) is 23.3 Å². The lowest BCUT2D eigenvalue weighted by atomic mass is 10.2. The Hall–Kier alpha value is -1.62. The Balaban J connectivity index is 2.36. The molecule has 2 aromatic rings. The third kappa shape index (κ3) is 2.39. The van der Waals surface area contributed by atoms with Crippen molar-refractivity contribution in [2.24, 2.45) is 7.05 Å². The van der Waals surface area contributed by atoms with Gasteiger partial charge in [0.15, 0.2) is 0 Å². The molecule has 5 nitrogen and oxygen atoms in total. The number of ether oxygens (including phenoxy) is 1. The summed E-state index contributed by atoms with van der Waals surface area (Å²) in [6.45, 7) is 3.88. The van der Waals surface area contributed by atoms with Crippen LogP contribution in [-0.4, -0.2) is 19.7 Å². The van der Waals surface area contributed by atoms with Crippen molar-refractivity contribution in [2.75, 3.05) is 0 Å². The molecule has 0 aliphatic heterocycles. The van der Waals surface area contributed by atoms with Crippen LogP contribution >= 0.6 is 11.6 Å². The first-order chi connectivity index (χ1) is 8.11. The Morgan fingerprint density at radius 1 is 1.41 bits per heavy atom. The van der Waals surface area contributed by atoms with E-state index in [2.05, 4.69) is 15.1 Å².